The average molecular weight is 331 g/mol. The Morgan fingerprint density at radius 1 is 1.26 bits per heavy atom. The molecule has 1 saturated carbocycles. The van der Waals surface area contributed by atoms with E-state index in [-0.39, 0.29) is 6.10 Å². The number of aromatic nitrogens is 2. The van der Waals surface area contributed by atoms with Gasteiger partial charge in [-0.25, -0.2) is 9.97 Å². The highest BCUT2D eigenvalue weighted by atomic mass is 32.1. The van der Waals surface area contributed by atoms with Crippen molar-refractivity contribution in [3.8, 4) is 0 Å². The Morgan fingerprint density at radius 3 is 3.00 bits per heavy atom. The Hall–Kier alpha value is -1.20. The Kier molecular flexibility index (Phi) is 4.01. The molecule has 0 aromatic carbocycles. The van der Waals surface area contributed by atoms with E-state index in [1.807, 2.05) is 0 Å². The van der Waals surface area contributed by atoms with Crippen molar-refractivity contribution in [3.05, 3.63) is 17.3 Å². The highest BCUT2D eigenvalue weighted by Gasteiger charge is 2.39. The molecule has 4 rings (SSSR count). The summed E-state index contributed by atoms with van der Waals surface area (Å²) in [5.74, 6) is 2.18. The van der Waals surface area contributed by atoms with Gasteiger partial charge < -0.3 is 10.0 Å². The number of rotatable bonds is 2. The third kappa shape index (κ3) is 2.74. The number of anilines is 1. The van der Waals surface area contributed by atoms with Crippen LogP contribution in [0.15, 0.2) is 12.4 Å². The molecule has 2 fully saturated rings. The molecule has 4 nitrogen and oxygen atoms in total. The quantitative estimate of drug-likeness (QED) is 0.910. The lowest BCUT2D eigenvalue weighted by Crippen LogP contribution is -2.44. The van der Waals surface area contributed by atoms with Crippen molar-refractivity contribution in [2.24, 2.45) is 11.8 Å². The van der Waals surface area contributed by atoms with Gasteiger partial charge in [-0.05, 0) is 51.0 Å². The third-order valence-corrected chi connectivity index (χ3v) is 6.58. The summed E-state index contributed by atoms with van der Waals surface area (Å²) in [6.07, 6.45) is 7.15. The van der Waals surface area contributed by atoms with Crippen LogP contribution in [0, 0.1) is 18.8 Å². The molecular weight excluding hydrogens is 306 g/mol. The summed E-state index contributed by atoms with van der Waals surface area (Å²) >= 11 is 1.74. The normalized spacial score (nSPS) is 31.9. The molecule has 0 radical (unpaired) electrons. The SMILES string of the molecule is Cc1cc2c(N3CCC[C@@H]3[C@@H]3C[C@H](C)CC[C@H]3O)ncnc2s1. The fraction of sp³-hybridized carbons (Fsp3) is 0.667. The molecule has 2 aromatic rings. The monoisotopic (exact) mass is 331 g/mol. The first-order valence-corrected chi connectivity index (χ1v) is 9.61. The summed E-state index contributed by atoms with van der Waals surface area (Å²) in [6, 6.07) is 2.64. The molecule has 4 atom stereocenters. The van der Waals surface area contributed by atoms with E-state index in [4.69, 9.17) is 0 Å². The molecule has 1 N–H and O–H groups in total. The van der Waals surface area contributed by atoms with Crippen LogP contribution < -0.4 is 4.90 Å². The highest BCUT2D eigenvalue weighted by Crippen LogP contribution is 2.40. The van der Waals surface area contributed by atoms with Gasteiger partial charge >= 0.3 is 0 Å². The highest BCUT2D eigenvalue weighted by molar-refractivity contribution is 7.18. The van der Waals surface area contributed by atoms with Crippen molar-refractivity contribution < 1.29 is 5.11 Å². The molecular formula is C18H25N3OS. The zero-order chi connectivity index (χ0) is 16.0. The molecule has 0 spiro atoms. The predicted molar refractivity (Wildman–Crippen MR) is 95.0 cm³/mol. The summed E-state index contributed by atoms with van der Waals surface area (Å²) in [7, 11) is 0. The fourth-order valence-electron chi connectivity index (χ4n) is 4.52. The number of aliphatic hydroxyl groups excluding tert-OH is 1. The third-order valence-electron chi connectivity index (χ3n) is 5.62. The molecule has 2 aliphatic rings. The predicted octanol–water partition coefficient (Wildman–Crippen LogP) is 3.77. The summed E-state index contributed by atoms with van der Waals surface area (Å²) in [5.41, 5.74) is 0. The molecule has 1 aliphatic heterocycles. The van der Waals surface area contributed by atoms with Gasteiger partial charge in [0.25, 0.3) is 0 Å². The van der Waals surface area contributed by atoms with Gasteiger partial charge in [-0.2, -0.15) is 0 Å². The molecule has 124 valence electrons. The van der Waals surface area contributed by atoms with Gasteiger partial charge in [0.05, 0.1) is 11.5 Å². The second kappa shape index (κ2) is 6.02. The van der Waals surface area contributed by atoms with Crippen LogP contribution >= 0.6 is 11.3 Å². The lowest BCUT2D eigenvalue weighted by molar-refractivity contribution is 0.0390. The van der Waals surface area contributed by atoms with Crippen molar-refractivity contribution in [1.82, 2.24) is 9.97 Å². The summed E-state index contributed by atoms with van der Waals surface area (Å²) in [4.78, 5) is 13.9. The van der Waals surface area contributed by atoms with Crippen LogP contribution in [-0.2, 0) is 0 Å². The molecule has 3 heterocycles. The maximum Gasteiger partial charge on any atom is 0.141 e. The van der Waals surface area contributed by atoms with Gasteiger partial charge in [0, 0.05) is 23.4 Å². The zero-order valence-electron chi connectivity index (χ0n) is 13.9. The Labute approximate surface area is 141 Å². The van der Waals surface area contributed by atoms with E-state index in [1.165, 1.54) is 23.1 Å². The van der Waals surface area contributed by atoms with E-state index in [2.05, 4.69) is 34.8 Å². The minimum absolute atomic E-state index is 0.154. The van der Waals surface area contributed by atoms with Crippen LogP contribution in [0.1, 0.15) is 43.9 Å². The molecule has 0 bridgehead atoms. The number of nitrogens with zero attached hydrogens (tertiary/aromatic N) is 3. The molecule has 23 heavy (non-hydrogen) atoms. The number of aliphatic hydroxyl groups is 1. The van der Waals surface area contributed by atoms with Crippen LogP contribution in [0.2, 0.25) is 0 Å². The Morgan fingerprint density at radius 2 is 2.13 bits per heavy atom. The number of hydrogen-bond acceptors (Lipinski definition) is 5. The van der Waals surface area contributed by atoms with Crippen molar-refractivity contribution in [1.29, 1.82) is 0 Å². The van der Waals surface area contributed by atoms with Crippen LogP contribution in [0.25, 0.3) is 10.2 Å². The standard InChI is InChI=1S/C18H25N3OS/c1-11-5-6-16(22)13(8-11)15-4-3-7-21(15)17-14-9-12(2)23-18(14)20-10-19-17/h9-11,13,15-16,22H,3-8H2,1-2H3/t11-,13+,15-,16-/m1/s1. The van der Waals surface area contributed by atoms with Gasteiger partial charge in [-0.1, -0.05) is 6.92 Å². The van der Waals surface area contributed by atoms with Crippen molar-refractivity contribution in [2.75, 3.05) is 11.4 Å². The second-order valence-corrected chi connectivity index (χ2v) is 8.56. The number of thiophene rings is 1. The van der Waals surface area contributed by atoms with Crippen molar-refractivity contribution in [3.63, 3.8) is 0 Å². The first kappa shape index (κ1) is 15.3. The van der Waals surface area contributed by atoms with Gasteiger partial charge in [-0.3, -0.25) is 0 Å². The molecule has 2 aromatic heterocycles. The van der Waals surface area contributed by atoms with Crippen LogP contribution in [0.3, 0.4) is 0 Å². The molecule has 5 heteroatoms. The largest absolute Gasteiger partial charge is 0.393 e. The minimum atomic E-state index is -0.154. The van der Waals surface area contributed by atoms with Gasteiger partial charge in [0.2, 0.25) is 0 Å². The van der Waals surface area contributed by atoms with Crippen LogP contribution in [-0.4, -0.2) is 33.8 Å². The number of fused-ring (bicyclic) bond motifs is 1. The summed E-state index contributed by atoms with van der Waals surface area (Å²) in [6.45, 7) is 5.50. The summed E-state index contributed by atoms with van der Waals surface area (Å²) < 4.78 is 0. The van der Waals surface area contributed by atoms with Crippen molar-refractivity contribution >= 4 is 27.4 Å². The van der Waals surface area contributed by atoms with E-state index < -0.39 is 0 Å². The fourth-order valence-corrected chi connectivity index (χ4v) is 5.36. The van der Waals surface area contributed by atoms with Gasteiger partial charge in [0.15, 0.2) is 0 Å². The molecule has 1 aliphatic carbocycles. The van der Waals surface area contributed by atoms with E-state index in [1.54, 1.807) is 17.7 Å². The summed E-state index contributed by atoms with van der Waals surface area (Å²) in [5, 5.41) is 11.8. The minimum Gasteiger partial charge on any atom is -0.393 e. The second-order valence-electron chi connectivity index (χ2n) is 7.33. The first-order chi connectivity index (χ1) is 11.1. The first-order valence-electron chi connectivity index (χ1n) is 8.79. The smallest absolute Gasteiger partial charge is 0.141 e. The number of aryl methyl sites for hydroxylation is 1. The zero-order valence-corrected chi connectivity index (χ0v) is 14.7. The van der Waals surface area contributed by atoms with Crippen molar-refractivity contribution in [2.45, 2.75) is 58.1 Å². The average Bonchev–Trinajstić information content (AvgIpc) is 3.14. The Bertz CT molecular complexity index is 701. The van der Waals surface area contributed by atoms with E-state index >= 15 is 0 Å². The topological polar surface area (TPSA) is 49.2 Å². The molecule has 0 amide bonds. The maximum atomic E-state index is 10.6. The lowest BCUT2D eigenvalue weighted by atomic mass is 9.76. The lowest BCUT2D eigenvalue weighted by Gasteiger charge is -2.39. The Balaban J connectivity index is 1.69. The maximum absolute atomic E-state index is 10.6. The molecule has 1 saturated heterocycles. The molecule has 0 unspecified atom stereocenters. The number of hydrogen-bond donors (Lipinski definition) is 1. The van der Waals surface area contributed by atoms with E-state index in [9.17, 15) is 5.11 Å². The van der Waals surface area contributed by atoms with Crippen LogP contribution in [0.5, 0.6) is 0 Å². The van der Waals surface area contributed by atoms with Gasteiger partial charge in [0.1, 0.15) is 17.0 Å². The van der Waals surface area contributed by atoms with Crippen LogP contribution in [0.4, 0.5) is 5.82 Å². The van der Waals surface area contributed by atoms with Gasteiger partial charge in [-0.15, -0.1) is 11.3 Å². The van der Waals surface area contributed by atoms with E-state index in [0.717, 1.165) is 42.4 Å². The van der Waals surface area contributed by atoms with E-state index in [0.29, 0.717) is 12.0 Å².